The number of hydrogen-bond donors (Lipinski definition) is 2. The molecule has 3 rings (SSSR count). The van der Waals surface area contributed by atoms with Gasteiger partial charge in [-0.25, -0.2) is 17.9 Å². The van der Waals surface area contributed by atoms with Gasteiger partial charge < -0.3 is 5.11 Å². The molecule has 0 aliphatic heterocycles. The standard InChI is InChI=1S/C16H19N3O4S/c1-19-10-11(8-17-19)9-18-24(22,23)15-7-13(16(20)21)6-12-4-2-3-5-14(12)15/h6-8,10,18H,2-5,9H2,1H3,(H,20,21). The second kappa shape index (κ2) is 6.37. The minimum Gasteiger partial charge on any atom is -0.478 e. The van der Waals surface area contributed by atoms with Crippen LogP contribution < -0.4 is 4.72 Å². The van der Waals surface area contributed by atoms with Crippen LogP contribution in [0.4, 0.5) is 0 Å². The van der Waals surface area contributed by atoms with E-state index in [2.05, 4.69) is 9.82 Å². The summed E-state index contributed by atoms with van der Waals surface area (Å²) in [5.74, 6) is -1.12. The topological polar surface area (TPSA) is 101 Å². The number of hydrogen-bond acceptors (Lipinski definition) is 4. The quantitative estimate of drug-likeness (QED) is 0.851. The van der Waals surface area contributed by atoms with E-state index in [1.54, 1.807) is 30.2 Å². The molecular weight excluding hydrogens is 330 g/mol. The van der Waals surface area contributed by atoms with Crippen LogP contribution in [0.25, 0.3) is 0 Å². The van der Waals surface area contributed by atoms with E-state index in [4.69, 9.17) is 0 Å². The van der Waals surface area contributed by atoms with Crippen molar-refractivity contribution in [2.45, 2.75) is 37.1 Å². The molecule has 1 aliphatic carbocycles. The molecule has 2 N–H and O–H groups in total. The Hall–Kier alpha value is -2.19. The van der Waals surface area contributed by atoms with Crippen LogP contribution >= 0.6 is 0 Å². The number of carbonyl (C=O) groups is 1. The van der Waals surface area contributed by atoms with Gasteiger partial charge in [-0.2, -0.15) is 5.10 Å². The Kier molecular flexibility index (Phi) is 4.42. The van der Waals surface area contributed by atoms with Crippen molar-refractivity contribution in [3.63, 3.8) is 0 Å². The monoisotopic (exact) mass is 349 g/mol. The number of carboxylic acids is 1. The second-order valence-electron chi connectivity index (χ2n) is 5.97. The van der Waals surface area contributed by atoms with Crippen molar-refractivity contribution < 1.29 is 18.3 Å². The number of rotatable bonds is 5. The number of fused-ring (bicyclic) bond motifs is 1. The largest absolute Gasteiger partial charge is 0.478 e. The van der Waals surface area contributed by atoms with Crippen LogP contribution in [0.15, 0.2) is 29.4 Å². The zero-order valence-electron chi connectivity index (χ0n) is 13.3. The summed E-state index contributed by atoms with van der Waals surface area (Å²) < 4.78 is 29.6. The predicted octanol–water partition coefficient (Wildman–Crippen LogP) is 1.48. The molecule has 0 saturated carbocycles. The van der Waals surface area contributed by atoms with Crippen LogP contribution in [0.2, 0.25) is 0 Å². The first kappa shape index (κ1) is 16.7. The molecule has 0 atom stereocenters. The lowest BCUT2D eigenvalue weighted by molar-refractivity contribution is 0.0696. The van der Waals surface area contributed by atoms with E-state index in [9.17, 15) is 18.3 Å². The third-order valence-corrected chi connectivity index (χ3v) is 5.65. The van der Waals surface area contributed by atoms with E-state index in [-0.39, 0.29) is 17.0 Å². The molecule has 0 amide bonds. The summed E-state index contributed by atoms with van der Waals surface area (Å²) in [4.78, 5) is 11.4. The number of nitrogens with one attached hydrogen (secondary N) is 1. The van der Waals surface area contributed by atoms with Gasteiger partial charge in [0.2, 0.25) is 10.0 Å². The van der Waals surface area contributed by atoms with Crippen LogP contribution in [0.1, 0.15) is 39.9 Å². The Balaban J connectivity index is 1.96. The van der Waals surface area contributed by atoms with Gasteiger partial charge in [-0.3, -0.25) is 4.68 Å². The minimum absolute atomic E-state index is 0.0115. The summed E-state index contributed by atoms with van der Waals surface area (Å²) in [6, 6.07) is 2.86. The summed E-state index contributed by atoms with van der Waals surface area (Å²) in [5.41, 5.74) is 2.31. The van der Waals surface area contributed by atoms with Crippen molar-refractivity contribution in [3.05, 3.63) is 46.8 Å². The summed E-state index contributed by atoms with van der Waals surface area (Å²) in [6.45, 7) is 0.113. The molecular formula is C16H19N3O4S. The Morgan fingerprint density at radius 2 is 2.08 bits per heavy atom. The van der Waals surface area contributed by atoms with Gasteiger partial charge in [0.05, 0.1) is 16.7 Å². The van der Waals surface area contributed by atoms with Crippen LogP contribution in [0, 0.1) is 0 Å². The molecule has 8 heteroatoms. The third-order valence-electron chi connectivity index (χ3n) is 4.19. The molecule has 0 spiro atoms. The third kappa shape index (κ3) is 3.34. The fourth-order valence-corrected chi connectivity index (χ4v) is 4.36. The summed E-state index contributed by atoms with van der Waals surface area (Å²) in [6.07, 6.45) is 6.53. The summed E-state index contributed by atoms with van der Waals surface area (Å²) in [5, 5.41) is 13.3. The first-order valence-electron chi connectivity index (χ1n) is 7.73. The smallest absolute Gasteiger partial charge is 0.335 e. The van der Waals surface area contributed by atoms with Gasteiger partial charge in [0.1, 0.15) is 0 Å². The number of nitrogens with zero attached hydrogens (tertiary/aromatic N) is 2. The summed E-state index contributed by atoms with van der Waals surface area (Å²) in [7, 11) is -2.04. The molecule has 1 aromatic carbocycles. The Labute approximate surface area is 140 Å². The molecule has 1 heterocycles. The fourth-order valence-electron chi connectivity index (χ4n) is 3.01. The van der Waals surface area contributed by atoms with Gasteiger partial charge in [0.15, 0.2) is 0 Å². The lowest BCUT2D eigenvalue weighted by Gasteiger charge is -2.20. The molecule has 1 aromatic heterocycles. The molecule has 0 radical (unpaired) electrons. The van der Waals surface area contributed by atoms with Gasteiger partial charge in [-0.1, -0.05) is 0 Å². The zero-order chi connectivity index (χ0) is 17.3. The number of benzene rings is 1. The lowest BCUT2D eigenvalue weighted by atomic mass is 9.90. The number of aryl methyl sites for hydroxylation is 2. The Bertz CT molecular complexity index is 887. The van der Waals surface area contributed by atoms with Gasteiger partial charge in [0, 0.05) is 25.4 Å². The highest BCUT2D eigenvalue weighted by atomic mass is 32.2. The van der Waals surface area contributed by atoms with E-state index < -0.39 is 16.0 Å². The van der Waals surface area contributed by atoms with Gasteiger partial charge in [-0.05, 0) is 48.9 Å². The Morgan fingerprint density at radius 3 is 2.75 bits per heavy atom. The lowest BCUT2D eigenvalue weighted by Crippen LogP contribution is -2.26. The molecule has 128 valence electrons. The van der Waals surface area contributed by atoms with Crippen molar-refractivity contribution in [1.82, 2.24) is 14.5 Å². The van der Waals surface area contributed by atoms with Crippen molar-refractivity contribution in [1.29, 1.82) is 0 Å². The zero-order valence-corrected chi connectivity index (χ0v) is 14.1. The molecule has 7 nitrogen and oxygen atoms in total. The minimum atomic E-state index is -3.80. The maximum absolute atomic E-state index is 12.7. The van der Waals surface area contributed by atoms with Gasteiger partial charge >= 0.3 is 5.97 Å². The first-order valence-corrected chi connectivity index (χ1v) is 9.21. The maximum Gasteiger partial charge on any atom is 0.335 e. The van der Waals surface area contributed by atoms with Crippen LogP contribution in [0.5, 0.6) is 0 Å². The molecule has 1 aliphatic rings. The Morgan fingerprint density at radius 1 is 1.33 bits per heavy atom. The van der Waals surface area contributed by atoms with E-state index in [1.807, 2.05) is 0 Å². The molecule has 0 bridgehead atoms. The van der Waals surface area contributed by atoms with Crippen molar-refractivity contribution >= 4 is 16.0 Å². The predicted molar refractivity (Wildman–Crippen MR) is 87.3 cm³/mol. The van der Waals surface area contributed by atoms with E-state index in [1.165, 1.54) is 6.07 Å². The van der Waals surface area contributed by atoms with Gasteiger partial charge in [-0.15, -0.1) is 0 Å². The number of aromatic carboxylic acids is 1. The highest BCUT2D eigenvalue weighted by molar-refractivity contribution is 7.89. The molecule has 0 fully saturated rings. The van der Waals surface area contributed by atoms with Crippen molar-refractivity contribution in [3.8, 4) is 0 Å². The number of aromatic nitrogens is 2. The van der Waals surface area contributed by atoms with Crippen LogP contribution in [-0.4, -0.2) is 29.3 Å². The molecule has 2 aromatic rings. The summed E-state index contributed by atoms with van der Waals surface area (Å²) >= 11 is 0. The second-order valence-corrected chi connectivity index (χ2v) is 7.71. The fraction of sp³-hybridized carbons (Fsp3) is 0.375. The highest BCUT2D eigenvalue weighted by Crippen LogP contribution is 2.29. The number of carboxylic acid groups (broad SMARTS) is 1. The SMILES string of the molecule is Cn1cc(CNS(=O)(=O)c2cc(C(=O)O)cc3c2CCCC3)cn1. The average molecular weight is 349 g/mol. The van der Waals surface area contributed by atoms with E-state index >= 15 is 0 Å². The van der Waals surface area contributed by atoms with E-state index in [0.717, 1.165) is 29.5 Å². The molecule has 0 unspecified atom stereocenters. The van der Waals surface area contributed by atoms with E-state index in [0.29, 0.717) is 12.8 Å². The first-order chi connectivity index (χ1) is 11.4. The normalized spacial score (nSPS) is 14.4. The maximum atomic E-state index is 12.7. The van der Waals surface area contributed by atoms with Crippen LogP contribution in [-0.2, 0) is 36.5 Å². The number of sulfonamides is 1. The van der Waals surface area contributed by atoms with Crippen molar-refractivity contribution in [2.24, 2.45) is 7.05 Å². The van der Waals surface area contributed by atoms with Gasteiger partial charge in [0.25, 0.3) is 0 Å². The van der Waals surface area contributed by atoms with Crippen LogP contribution in [0.3, 0.4) is 0 Å². The molecule has 24 heavy (non-hydrogen) atoms. The highest BCUT2D eigenvalue weighted by Gasteiger charge is 2.25. The molecule has 0 saturated heterocycles. The average Bonchev–Trinajstić information content (AvgIpc) is 2.97. The van der Waals surface area contributed by atoms with Crippen molar-refractivity contribution in [2.75, 3.05) is 0 Å².